The van der Waals surface area contributed by atoms with Crippen LogP contribution in [0.15, 0.2) is 5.38 Å². The van der Waals surface area contributed by atoms with Crippen LogP contribution in [-0.2, 0) is 16.0 Å². The zero-order valence-electron chi connectivity index (χ0n) is 11.2. The van der Waals surface area contributed by atoms with Gasteiger partial charge in [0, 0.05) is 5.38 Å². The van der Waals surface area contributed by atoms with Gasteiger partial charge in [0.15, 0.2) is 0 Å². The Bertz CT molecular complexity index is 371. The third-order valence-corrected chi connectivity index (χ3v) is 3.55. The summed E-state index contributed by atoms with van der Waals surface area (Å²) < 4.78 is 4.85. The van der Waals surface area contributed by atoms with E-state index >= 15 is 0 Å². The van der Waals surface area contributed by atoms with Crippen LogP contribution >= 0.6 is 11.3 Å². The predicted molar refractivity (Wildman–Crippen MR) is 70.3 cm³/mol. The summed E-state index contributed by atoms with van der Waals surface area (Å²) in [5, 5.41) is 2.93. The van der Waals surface area contributed by atoms with Gasteiger partial charge in [0.25, 0.3) is 0 Å². The maximum absolute atomic E-state index is 11.7. The molecule has 3 nitrogen and oxygen atoms in total. The number of esters is 1. The highest BCUT2D eigenvalue weighted by Gasteiger charge is 2.28. The normalized spacial score (nSPS) is 13.1. The molecule has 0 aromatic carbocycles. The number of aromatic nitrogens is 1. The average molecular weight is 255 g/mol. The second-order valence-corrected chi connectivity index (χ2v) is 5.91. The molecule has 96 valence electrons. The second kappa shape index (κ2) is 6.15. The minimum Gasteiger partial charge on any atom is -0.468 e. The summed E-state index contributed by atoms with van der Waals surface area (Å²) in [5.74, 6) is 0.373. The number of nitrogens with zero attached hydrogens (tertiary/aromatic N) is 1. The molecule has 1 aromatic rings. The molecule has 1 atom stereocenters. The molecular formula is C13H21NO2S. The lowest BCUT2D eigenvalue weighted by molar-refractivity contribution is -0.143. The van der Waals surface area contributed by atoms with Crippen LogP contribution in [0.5, 0.6) is 0 Å². The molecule has 0 amide bonds. The lowest BCUT2D eigenvalue weighted by Gasteiger charge is -2.15. The third-order valence-electron chi connectivity index (χ3n) is 2.57. The monoisotopic (exact) mass is 255 g/mol. The molecule has 0 radical (unpaired) electrons. The Morgan fingerprint density at radius 2 is 2.06 bits per heavy atom. The Hall–Kier alpha value is -0.900. The molecule has 0 spiro atoms. The molecule has 0 saturated carbocycles. The molecule has 1 rings (SSSR count). The van der Waals surface area contributed by atoms with Crippen LogP contribution in [0.3, 0.4) is 0 Å². The Balaban J connectivity index is 2.88. The maximum Gasteiger partial charge on any atom is 0.315 e. The highest BCUT2D eigenvalue weighted by atomic mass is 32.1. The fourth-order valence-corrected chi connectivity index (χ4v) is 2.85. The zero-order chi connectivity index (χ0) is 13.0. The van der Waals surface area contributed by atoms with Crippen molar-refractivity contribution in [2.24, 2.45) is 11.8 Å². The van der Waals surface area contributed by atoms with Crippen molar-refractivity contribution in [3.8, 4) is 0 Å². The van der Waals surface area contributed by atoms with Crippen LogP contribution in [0, 0.1) is 11.8 Å². The van der Waals surface area contributed by atoms with E-state index in [9.17, 15) is 4.79 Å². The van der Waals surface area contributed by atoms with Crippen molar-refractivity contribution in [2.45, 2.75) is 40.0 Å². The number of ether oxygens (including phenoxy) is 1. The number of hydrogen-bond donors (Lipinski definition) is 0. The standard InChI is InChI=1S/C13H21NO2S/c1-8(2)6-10-7-17-12(14-10)11(9(3)4)13(15)16-5/h7-9,11H,6H2,1-5H3. The van der Waals surface area contributed by atoms with Gasteiger partial charge < -0.3 is 4.74 Å². The summed E-state index contributed by atoms with van der Waals surface area (Å²) in [4.78, 5) is 16.3. The fraction of sp³-hybridized carbons (Fsp3) is 0.692. The quantitative estimate of drug-likeness (QED) is 0.758. The summed E-state index contributed by atoms with van der Waals surface area (Å²) >= 11 is 1.56. The summed E-state index contributed by atoms with van der Waals surface area (Å²) in [7, 11) is 1.43. The van der Waals surface area contributed by atoms with Crippen molar-refractivity contribution < 1.29 is 9.53 Å². The molecule has 1 unspecified atom stereocenters. The van der Waals surface area contributed by atoms with Crippen LogP contribution in [-0.4, -0.2) is 18.1 Å². The van der Waals surface area contributed by atoms with Gasteiger partial charge in [0.1, 0.15) is 10.9 Å². The summed E-state index contributed by atoms with van der Waals surface area (Å²) in [6.45, 7) is 8.37. The van der Waals surface area contributed by atoms with Crippen LogP contribution in [0.2, 0.25) is 0 Å². The molecule has 0 fully saturated rings. The zero-order valence-corrected chi connectivity index (χ0v) is 12.0. The number of hydrogen-bond acceptors (Lipinski definition) is 4. The van der Waals surface area contributed by atoms with Crippen molar-refractivity contribution in [3.63, 3.8) is 0 Å². The Morgan fingerprint density at radius 3 is 2.53 bits per heavy atom. The number of carbonyl (C=O) groups is 1. The third kappa shape index (κ3) is 3.80. The van der Waals surface area contributed by atoms with Gasteiger partial charge in [-0.05, 0) is 18.3 Å². The van der Waals surface area contributed by atoms with Crippen LogP contribution in [0.1, 0.15) is 44.3 Å². The van der Waals surface area contributed by atoms with E-state index in [1.54, 1.807) is 11.3 Å². The van der Waals surface area contributed by atoms with Crippen LogP contribution in [0.25, 0.3) is 0 Å². The van der Waals surface area contributed by atoms with E-state index in [-0.39, 0.29) is 17.8 Å². The second-order valence-electron chi connectivity index (χ2n) is 5.02. The van der Waals surface area contributed by atoms with Crippen molar-refractivity contribution >= 4 is 17.3 Å². The van der Waals surface area contributed by atoms with E-state index in [1.165, 1.54) is 7.11 Å². The molecule has 1 heterocycles. The Labute approximate surface area is 107 Å². The number of rotatable bonds is 5. The minimum absolute atomic E-state index is 0.189. The summed E-state index contributed by atoms with van der Waals surface area (Å²) in [6.07, 6.45) is 0.961. The lowest BCUT2D eigenvalue weighted by Crippen LogP contribution is -2.19. The Kier molecular flexibility index (Phi) is 5.12. The highest BCUT2D eigenvalue weighted by Crippen LogP contribution is 2.29. The van der Waals surface area contributed by atoms with E-state index < -0.39 is 0 Å². The van der Waals surface area contributed by atoms with Crippen molar-refractivity contribution in [1.29, 1.82) is 0 Å². The first-order valence-electron chi connectivity index (χ1n) is 5.97. The molecule has 0 N–H and O–H groups in total. The van der Waals surface area contributed by atoms with Gasteiger partial charge in [-0.2, -0.15) is 0 Å². The van der Waals surface area contributed by atoms with E-state index in [2.05, 4.69) is 18.8 Å². The number of thiazole rings is 1. The SMILES string of the molecule is COC(=O)C(c1nc(CC(C)C)cs1)C(C)C. The van der Waals surface area contributed by atoms with Gasteiger partial charge in [-0.3, -0.25) is 4.79 Å². The van der Waals surface area contributed by atoms with Gasteiger partial charge in [-0.25, -0.2) is 4.98 Å². The van der Waals surface area contributed by atoms with Crippen molar-refractivity contribution in [3.05, 3.63) is 16.1 Å². The molecule has 1 aromatic heterocycles. The molecular weight excluding hydrogens is 234 g/mol. The van der Waals surface area contributed by atoms with Gasteiger partial charge in [0.05, 0.1) is 12.8 Å². The minimum atomic E-state index is -0.231. The number of methoxy groups -OCH3 is 1. The van der Waals surface area contributed by atoms with Crippen LogP contribution in [0.4, 0.5) is 0 Å². The fourth-order valence-electron chi connectivity index (χ4n) is 1.76. The summed E-state index contributed by atoms with van der Waals surface area (Å²) in [5.41, 5.74) is 1.08. The average Bonchev–Trinajstić information content (AvgIpc) is 2.64. The molecule has 4 heteroatoms. The van der Waals surface area contributed by atoms with E-state index in [4.69, 9.17) is 4.74 Å². The molecule has 0 saturated heterocycles. The van der Waals surface area contributed by atoms with Gasteiger partial charge in [-0.15, -0.1) is 11.3 Å². The molecule has 0 bridgehead atoms. The van der Waals surface area contributed by atoms with Crippen molar-refractivity contribution in [2.75, 3.05) is 7.11 Å². The highest BCUT2D eigenvalue weighted by molar-refractivity contribution is 7.09. The largest absolute Gasteiger partial charge is 0.468 e. The van der Waals surface area contributed by atoms with Crippen LogP contribution < -0.4 is 0 Å². The predicted octanol–water partition coefficient (Wildman–Crippen LogP) is 3.25. The first-order valence-corrected chi connectivity index (χ1v) is 6.85. The summed E-state index contributed by atoms with van der Waals surface area (Å²) in [6, 6.07) is 0. The van der Waals surface area contributed by atoms with Crippen molar-refractivity contribution in [1.82, 2.24) is 4.98 Å². The Morgan fingerprint density at radius 1 is 1.41 bits per heavy atom. The van der Waals surface area contributed by atoms with E-state index in [0.29, 0.717) is 5.92 Å². The molecule has 0 aliphatic rings. The van der Waals surface area contributed by atoms with Gasteiger partial charge >= 0.3 is 5.97 Å². The first-order chi connectivity index (χ1) is 7.95. The molecule has 17 heavy (non-hydrogen) atoms. The number of carbonyl (C=O) groups excluding carboxylic acids is 1. The first kappa shape index (κ1) is 14.2. The topological polar surface area (TPSA) is 39.2 Å². The smallest absolute Gasteiger partial charge is 0.315 e. The maximum atomic E-state index is 11.7. The molecule has 0 aliphatic heterocycles. The molecule has 0 aliphatic carbocycles. The van der Waals surface area contributed by atoms with E-state index in [1.807, 2.05) is 19.2 Å². The van der Waals surface area contributed by atoms with Gasteiger partial charge in [-0.1, -0.05) is 27.7 Å². The lowest BCUT2D eigenvalue weighted by atomic mass is 9.97. The van der Waals surface area contributed by atoms with Gasteiger partial charge in [0.2, 0.25) is 0 Å². The van der Waals surface area contributed by atoms with E-state index in [0.717, 1.165) is 17.1 Å².